The van der Waals surface area contributed by atoms with Crippen LogP contribution in [0.3, 0.4) is 0 Å². The number of benzene rings is 1. The van der Waals surface area contributed by atoms with Gasteiger partial charge in [-0.3, -0.25) is 0 Å². The van der Waals surface area contributed by atoms with Crippen molar-refractivity contribution in [3.8, 4) is 11.4 Å². The Morgan fingerprint density at radius 3 is 2.78 bits per heavy atom. The van der Waals surface area contributed by atoms with Crippen LogP contribution in [0.25, 0.3) is 5.69 Å². The third-order valence-electron chi connectivity index (χ3n) is 2.89. The van der Waals surface area contributed by atoms with Crippen LogP contribution in [-0.4, -0.2) is 16.9 Å². The molecule has 0 atom stereocenters. The van der Waals surface area contributed by atoms with Gasteiger partial charge in [-0.2, -0.15) is 5.10 Å². The van der Waals surface area contributed by atoms with E-state index in [2.05, 4.69) is 12.0 Å². The second kappa shape index (κ2) is 5.42. The molecule has 2 rings (SSSR count). The van der Waals surface area contributed by atoms with Crippen molar-refractivity contribution >= 4 is 11.6 Å². The van der Waals surface area contributed by atoms with Crippen LogP contribution in [0.4, 0.5) is 0 Å². The highest BCUT2D eigenvalue weighted by Crippen LogP contribution is 2.27. The number of rotatable bonds is 4. The Balaban J connectivity index is 2.48. The molecule has 18 heavy (non-hydrogen) atoms. The Kier molecular flexibility index (Phi) is 3.89. The van der Waals surface area contributed by atoms with E-state index >= 15 is 0 Å². The lowest BCUT2D eigenvalue weighted by Gasteiger charge is -2.09. The van der Waals surface area contributed by atoms with Crippen molar-refractivity contribution in [2.75, 3.05) is 7.11 Å². The van der Waals surface area contributed by atoms with Crippen LogP contribution < -0.4 is 10.5 Å². The van der Waals surface area contributed by atoms with E-state index in [1.807, 2.05) is 22.9 Å². The van der Waals surface area contributed by atoms with Gasteiger partial charge in [-0.15, -0.1) is 0 Å². The number of halogens is 1. The highest BCUT2D eigenvalue weighted by atomic mass is 35.5. The van der Waals surface area contributed by atoms with Crippen molar-refractivity contribution in [3.05, 3.63) is 40.7 Å². The summed E-state index contributed by atoms with van der Waals surface area (Å²) >= 11 is 6.12. The van der Waals surface area contributed by atoms with E-state index in [4.69, 9.17) is 22.1 Å². The molecule has 0 aliphatic heterocycles. The molecule has 0 fully saturated rings. The number of hydrogen-bond acceptors (Lipinski definition) is 3. The monoisotopic (exact) mass is 265 g/mol. The SMILES string of the molecule is CCc1c(CN)cnn1-c1ccc(OC)c(Cl)c1. The van der Waals surface area contributed by atoms with Gasteiger partial charge in [-0.1, -0.05) is 18.5 Å². The molecular formula is C13H16ClN3O. The maximum absolute atomic E-state index is 6.12. The zero-order valence-corrected chi connectivity index (χ0v) is 11.2. The maximum atomic E-state index is 6.12. The first-order chi connectivity index (χ1) is 8.71. The van der Waals surface area contributed by atoms with Gasteiger partial charge in [0.2, 0.25) is 0 Å². The van der Waals surface area contributed by atoms with Crippen LogP contribution in [0.2, 0.25) is 5.02 Å². The lowest BCUT2D eigenvalue weighted by Crippen LogP contribution is -2.05. The molecule has 2 aromatic rings. The third kappa shape index (κ3) is 2.21. The zero-order chi connectivity index (χ0) is 13.1. The van der Waals surface area contributed by atoms with Gasteiger partial charge in [0, 0.05) is 17.8 Å². The van der Waals surface area contributed by atoms with E-state index in [0.717, 1.165) is 23.4 Å². The summed E-state index contributed by atoms with van der Waals surface area (Å²) in [6.07, 6.45) is 2.67. The van der Waals surface area contributed by atoms with Crippen LogP contribution in [0.15, 0.2) is 24.4 Å². The van der Waals surface area contributed by atoms with Crippen molar-refractivity contribution in [2.24, 2.45) is 5.73 Å². The Bertz CT molecular complexity index is 551. The van der Waals surface area contributed by atoms with Crippen LogP contribution in [-0.2, 0) is 13.0 Å². The predicted octanol–water partition coefficient (Wildman–Crippen LogP) is 2.56. The molecule has 0 saturated carbocycles. The normalized spacial score (nSPS) is 10.7. The minimum atomic E-state index is 0.493. The fourth-order valence-corrected chi connectivity index (χ4v) is 2.22. The molecule has 0 bridgehead atoms. The Morgan fingerprint density at radius 2 is 2.22 bits per heavy atom. The van der Waals surface area contributed by atoms with E-state index in [9.17, 15) is 0 Å². The molecule has 0 saturated heterocycles. The number of methoxy groups -OCH3 is 1. The minimum Gasteiger partial charge on any atom is -0.495 e. The summed E-state index contributed by atoms with van der Waals surface area (Å²) in [5, 5.41) is 4.93. The third-order valence-corrected chi connectivity index (χ3v) is 3.19. The number of nitrogens with zero attached hydrogens (tertiary/aromatic N) is 2. The number of hydrogen-bond donors (Lipinski definition) is 1. The van der Waals surface area contributed by atoms with Crippen molar-refractivity contribution in [1.29, 1.82) is 0 Å². The van der Waals surface area contributed by atoms with Crippen LogP contribution in [0, 0.1) is 0 Å². The van der Waals surface area contributed by atoms with Crippen LogP contribution in [0.1, 0.15) is 18.2 Å². The second-order valence-corrected chi connectivity index (χ2v) is 4.31. The Morgan fingerprint density at radius 1 is 1.44 bits per heavy atom. The quantitative estimate of drug-likeness (QED) is 0.924. The van der Waals surface area contributed by atoms with Crippen molar-refractivity contribution in [1.82, 2.24) is 9.78 Å². The molecule has 0 unspecified atom stereocenters. The number of ether oxygens (including phenoxy) is 1. The predicted molar refractivity (Wildman–Crippen MR) is 72.4 cm³/mol. The van der Waals surface area contributed by atoms with E-state index in [0.29, 0.717) is 17.3 Å². The van der Waals surface area contributed by atoms with Crippen molar-refractivity contribution < 1.29 is 4.74 Å². The highest BCUT2D eigenvalue weighted by Gasteiger charge is 2.11. The number of aromatic nitrogens is 2. The minimum absolute atomic E-state index is 0.493. The summed E-state index contributed by atoms with van der Waals surface area (Å²) in [6.45, 7) is 2.57. The van der Waals surface area contributed by atoms with Crippen LogP contribution in [0.5, 0.6) is 5.75 Å². The fraction of sp³-hybridized carbons (Fsp3) is 0.308. The van der Waals surface area contributed by atoms with E-state index in [-0.39, 0.29) is 0 Å². The molecule has 96 valence electrons. The fourth-order valence-electron chi connectivity index (χ4n) is 1.96. The smallest absolute Gasteiger partial charge is 0.137 e. The van der Waals surface area contributed by atoms with Gasteiger partial charge >= 0.3 is 0 Å². The molecule has 0 amide bonds. The second-order valence-electron chi connectivity index (χ2n) is 3.90. The van der Waals surface area contributed by atoms with Gasteiger partial charge in [0.05, 0.1) is 24.0 Å². The average molecular weight is 266 g/mol. The van der Waals surface area contributed by atoms with Crippen LogP contribution >= 0.6 is 11.6 Å². The van der Waals surface area contributed by atoms with E-state index in [1.54, 1.807) is 13.3 Å². The first-order valence-corrected chi connectivity index (χ1v) is 6.18. The molecule has 2 N–H and O–H groups in total. The molecule has 4 nitrogen and oxygen atoms in total. The zero-order valence-electron chi connectivity index (χ0n) is 10.5. The highest BCUT2D eigenvalue weighted by molar-refractivity contribution is 6.32. The molecular weight excluding hydrogens is 250 g/mol. The Hall–Kier alpha value is -1.52. The van der Waals surface area contributed by atoms with E-state index in [1.165, 1.54) is 0 Å². The van der Waals surface area contributed by atoms with Gasteiger partial charge in [-0.05, 0) is 24.6 Å². The summed E-state index contributed by atoms with van der Waals surface area (Å²) in [4.78, 5) is 0. The van der Waals surface area contributed by atoms with Gasteiger partial charge < -0.3 is 10.5 Å². The molecule has 0 radical (unpaired) electrons. The topological polar surface area (TPSA) is 53.1 Å². The van der Waals surface area contributed by atoms with Gasteiger partial charge in [0.1, 0.15) is 5.75 Å². The lowest BCUT2D eigenvalue weighted by molar-refractivity contribution is 0.415. The van der Waals surface area contributed by atoms with Crippen molar-refractivity contribution in [2.45, 2.75) is 19.9 Å². The molecule has 1 aromatic heterocycles. The molecule has 5 heteroatoms. The first-order valence-electron chi connectivity index (χ1n) is 5.81. The average Bonchev–Trinajstić information content (AvgIpc) is 2.81. The molecule has 1 heterocycles. The largest absolute Gasteiger partial charge is 0.495 e. The molecule has 0 spiro atoms. The van der Waals surface area contributed by atoms with Gasteiger partial charge in [0.25, 0.3) is 0 Å². The molecule has 1 aromatic carbocycles. The summed E-state index contributed by atoms with van der Waals surface area (Å²) < 4.78 is 7.01. The Labute approximate surface area is 111 Å². The van der Waals surface area contributed by atoms with E-state index < -0.39 is 0 Å². The summed E-state index contributed by atoms with van der Waals surface area (Å²) in [5.41, 5.74) is 8.78. The summed E-state index contributed by atoms with van der Waals surface area (Å²) in [5.74, 6) is 0.657. The van der Waals surface area contributed by atoms with Gasteiger partial charge in [0.15, 0.2) is 0 Å². The maximum Gasteiger partial charge on any atom is 0.137 e. The standard InChI is InChI=1S/C13H16ClN3O/c1-3-12-9(7-15)8-16-17(12)10-4-5-13(18-2)11(14)6-10/h4-6,8H,3,7,15H2,1-2H3. The molecule has 0 aliphatic carbocycles. The van der Waals surface area contributed by atoms with Crippen molar-refractivity contribution in [3.63, 3.8) is 0 Å². The summed E-state index contributed by atoms with van der Waals surface area (Å²) in [7, 11) is 1.60. The lowest BCUT2D eigenvalue weighted by atomic mass is 10.2. The van der Waals surface area contributed by atoms with Gasteiger partial charge in [-0.25, -0.2) is 4.68 Å². The molecule has 0 aliphatic rings. The number of nitrogens with two attached hydrogens (primary N) is 1. The first kappa shape index (κ1) is 12.9. The summed E-state index contributed by atoms with van der Waals surface area (Å²) in [6, 6.07) is 5.60.